The molecule has 0 aliphatic rings. The van der Waals surface area contributed by atoms with Crippen molar-refractivity contribution in [2.75, 3.05) is 19.8 Å². The van der Waals surface area contributed by atoms with E-state index in [0.29, 0.717) is 26.1 Å². The summed E-state index contributed by atoms with van der Waals surface area (Å²) in [5.74, 6) is -0.383. The van der Waals surface area contributed by atoms with E-state index >= 15 is 0 Å². The third kappa shape index (κ3) is 15.6. The first-order valence-corrected chi connectivity index (χ1v) is 12.9. The molecule has 0 atom stereocenters. The lowest BCUT2D eigenvalue weighted by atomic mass is 9.94. The summed E-state index contributed by atoms with van der Waals surface area (Å²) in [6, 6.07) is 9.94. The summed E-state index contributed by atoms with van der Waals surface area (Å²) in [5.41, 5.74) is 0.498. The Bertz CT molecular complexity index is 598. The summed E-state index contributed by atoms with van der Waals surface area (Å²) in [6.45, 7) is 7.46. The van der Waals surface area contributed by atoms with Crippen LogP contribution in [0.4, 0.5) is 0 Å². The molecule has 0 aliphatic heterocycles. The van der Waals surface area contributed by atoms with Crippen molar-refractivity contribution in [1.29, 1.82) is 0 Å². The lowest BCUT2D eigenvalue weighted by Gasteiger charge is -2.28. The molecule has 0 spiro atoms. The predicted octanol–water partition coefficient (Wildman–Crippen LogP) is 7.02. The molecule has 188 valence electrons. The van der Waals surface area contributed by atoms with Gasteiger partial charge in [-0.1, -0.05) is 102 Å². The highest BCUT2D eigenvalue weighted by Crippen LogP contribution is 2.21. The summed E-state index contributed by atoms with van der Waals surface area (Å²) in [4.78, 5) is 24.4. The molecule has 1 rings (SSSR count). The van der Waals surface area contributed by atoms with Crippen LogP contribution in [0.3, 0.4) is 0 Å². The zero-order valence-corrected chi connectivity index (χ0v) is 21.2. The van der Waals surface area contributed by atoms with Crippen LogP contribution in [-0.2, 0) is 30.4 Å². The number of hydrogen-bond donors (Lipinski definition) is 0. The van der Waals surface area contributed by atoms with Crippen LogP contribution in [0.1, 0.15) is 103 Å². The maximum absolute atomic E-state index is 12.2. The van der Waals surface area contributed by atoms with Crippen LogP contribution in [0.15, 0.2) is 30.3 Å². The van der Waals surface area contributed by atoms with Crippen LogP contribution < -0.4 is 0 Å². The van der Waals surface area contributed by atoms with E-state index in [2.05, 4.69) is 13.8 Å². The van der Waals surface area contributed by atoms with E-state index < -0.39 is 5.41 Å². The number of rotatable bonds is 20. The molecule has 0 aromatic heterocycles. The third-order valence-electron chi connectivity index (χ3n) is 5.69. The number of ether oxygens (including phenoxy) is 3. The van der Waals surface area contributed by atoms with Crippen molar-refractivity contribution in [2.45, 2.75) is 104 Å². The number of carbonyl (C=O) groups is 2. The van der Waals surface area contributed by atoms with Crippen molar-refractivity contribution >= 4 is 11.9 Å². The van der Waals surface area contributed by atoms with Crippen molar-refractivity contribution in [3.05, 3.63) is 35.9 Å². The van der Waals surface area contributed by atoms with Gasteiger partial charge in [-0.25, -0.2) is 0 Å². The van der Waals surface area contributed by atoms with Gasteiger partial charge in [0.15, 0.2) is 0 Å². The zero-order chi connectivity index (χ0) is 24.2. The molecule has 0 aliphatic carbocycles. The van der Waals surface area contributed by atoms with Crippen LogP contribution in [-0.4, -0.2) is 31.8 Å². The number of hydrogen-bond acceptors (Lipinski definition) is 5. The quantitative estimate of drug-likeness (QED) is 0.154. The van der Waals surface area contributed by atoms with Crippen LogP contribution in [0.5, 0.6) is 0 Å². The SMILES string of the molecule is CCCCCCCC(=O)OCC(C)(COCc1ccccc1)COC(=O)CCCCCCC. The lowest BCUT2D eigenvalue weighted by molar-refractivity contribution is -0.156. The topological polar surface area (TPSA) is 61.8 Å². The van der Waals surface area contributed by atoms with Crippen molar-refractivity contribution < 1.29 is 23.8 Å². The largest absolute Gasteiger partial charge is 0.465 e. The van der Waals surface area contributed by atoms with Gasteiger partial charge in [0.1, 0.15) is 13.2 Å². The number of esters is 2. The van der Waals surface area contributed by atoms with Crippen molar-refractivity contribution in [2.24, 2.45) is 5.41 Å². The average molecular weight is 463 g/mol. The van der Waals surface area contributed by atoms with Gasteiger partial charge in [-0.05, 0) is 18.4 Å². The van der Waals surface area contributed by atoms with Gasteiger partial charge in [-0.3, -0.25) is 9.59 Å². The highest BCUT2D eigenvalue weighted by atomic mass is 16.6. The standard InChI is InChI=1S/C28H46O5/c1-4-6-8-10-15-19-26(29)32-23-28(3,22-31-21-25-17-13-12-14-18-25)24-33-27(30)20-16-11-9-7-5-2/h12-14,17-18H,4-11,15-16,19-24H2,1-3H3. The molecule has 0 saturated heterocycles. The maximum Gasteiger partial charge on any atom is 0.305 e. The van der Waals surface area contributed by atoms with E-state index in [0.717, 1.165) is 44.1 Å². The van der Waals surface area contributed by atoms with Gasteiger partial charge >= 0.3 is 11.9 Å². The molecule has 0 radical (unpaired) electrons. The molecule has 0 unspecified atom stereocenters. The molecule has 0 amide bonds. The molecule has 1 aromatic rings. The fourth-order valence-electron chi connectivity index (χ4n) is 3.51. The number of carbonyl (C=O) groups excluding carboxylic acids is 2. The van der Waals surface area contributed by atoms with Gasteiger partial charge in [0, 0.05) is 12.8 Å². The Morgan fingerprint density at radius 3 is 1.67 bits per heavy atom. The average Bonchev–Trinajstić information content (AvgIpc) is 2.82. The Labute approximate surface area is 201 Å². The fraction of sp³-hybridized carbons (Fsp3) is 0.714. The fourth-order valence-corrected chi connectivity index (χ4v) is 3.51. The Hall–Kier alpha value is -1.88. The van der Waals surface area contributed by atoms with E-state index in [-0.39, 0.29) is 25.2 Å². The molecular weight excluding hydrogens is 416 g/mol. The van der Waals surface area contributed by atoms with Crippen molar-refractivity contribution in [3.8, 4) is 0 Å². The molecule has 33 heavy (non-hydrogen) atoms. The molecule has 0 fully saturated rings. The van der Waals surface area contributed by atoms with Gasteiger partial charge in [-0.15, -0.1) is 0 Å². The molecular formula is C28H46O5. The second-order valence-electron chi connectivity index (χ2n) is 9.44. The molecule has 5 nitrogen and oxygen atoms in total. The lowest BCUT2D eigenvalue weighted by Crippen LogP contribution is -2.36. The minimum atomic E-state index is -0.579. The van der Waals surface area contributed by atoms with Crippen molar-refractivity contribution in [1.82, 2.24) is 0 Å². The maximum atomic E-state index is 12.2. The highest BCUT2D eigenvalue weighted by molar-refractivity contribution is 5.69. The molecule has 1 aromatic carbocycles. The van der Waals surface area contributed by atoms with Gasteiger partial charge in [0.05, 0.1) is 18.6 Å². The van der Waals surface area contributed by atoms with Gasteiger partial charge < -0.3 is 14.2 Å². The Morgan fingerprint density at radius 2 is 1.18 bits per heavy atom. The van der Waals surface area contributed by atoms with E-state index in [1.807, 2.05) is 37.3 Å². The summed E-state index contributed by atoms with van der Waals surface area (Å²) in [6.07, 6.45) is 11.8. The highest BCUT2D eigenvalue weighted by Gasteiger charge is 2.29. The Kier molecular flexibility index (Phi) is 16.4. The summed E-state index contributed by atoms with van der Waals surface area (Å²) < 4.78 is 17.0. The second-order valence-corrected chi connectivity index (χ2v) is 9.44. The van der Waals surface area contributed by atoms with Crippen LogP contribution in [0, 0.1) is 5.41 Å². The monoisotopic (exact) mass is 462 g/mol. The Morgan fingerprint density at radius 1 is 0.697 bits per heavy atom. The molecule has 0 bridgehead atoms. The smallest absolute Gasteiger partial charge is 0.305 e. The van der Waals surface area contributed by atoms with E-state index in [1.165, 1.54) is 25.7 Å². The first-order chi connectivity index (χ1) is 16.0. The van der Waals surface area contributed by atoms with Crippen LogP contribution in [0.25, 0.3) is 0 Å². The second kappa shape index (κ2) is 18.5. The van der Waals surface area contributed by atoms with Crippen molar-refractivity contribution in [3.63, 3.8) is 0 Å². The minimum Gasteiger partial charge on any atom is -0.465 e. The zero-order valence-electron chi connectivity index (χ0n) is 21.2. The molecule has 5 heteroatoms. The molecule has 0 N–H and O–H groups in total. The predicted molar refractivity (Wildman–Crippen MR) is 133 cm³/mol. The first-order valence-electron chi connectivity index (χ1n) is 12.9. The number of unbranched alkanes of at least 4 members (excludes halogenated alkanes) is 8. The summed E-state index contributed by atoms with van der Waals surface area (Å²) >= 11 is 0. The van der Waals surface area contributed by atoms with Crippen LogP contribution in [0.2, 0.25) is 0 Å². The van der Waals surface area contributed by atoms with E-state index in [9.17, 15) is 9.59 Å². The molecule has 0 saturated carbocycles. The van der Waals surface area contributed by atoms with Gasteiger partial charge in [-0.2, -0.15) is 0 Å². The van der Waals surface area contributed by atoms with Gasteiger partial charge in [0.25, 0.3) is 0 Å². The van der Waals surface area contributed by atoms with E-state index in [1.54, 1.807) is 0 Å². The first kappa shape index (κ1) is 29.2. The Balaban J connectivity index is 2.47. The summed E-state index contributed by atoms with van der Waals surface area (Å²) in [7, 11) is 0. The van der Waals surface area contributed by atoms with E-state index in [4.69, 9.17) is 14.2 Å². The summed E-state index contributed by atoms with van der Waals surface area (Å²) in [5, 5.41) is 0. The van der Waals surface area contributed by atoms with Crippen LogP contribution >= 0.6 is 0 Å². The third-order valence-corrected chi connectivity index (χ3v) is 5.69. The minimum absolute atomic E-state index is 0.180. The van der Waals surface area contributed by atoms with Gasteiger partial charge in [0.2, 0.25) is 0 Å². The normalized spacial score (nSPS) is 11.4. The number of benzene rings is 1. The molecule has 0 heterocycles.